The Morgan fingerprint density at radius 2 is 1.78 bits per heavy atom. The van der Waals surface area contributed by atoms with Crippen molar-refractivity contribution in [3.05, 3.63) is 29.8 Å². The van der Waals surface area contributed by atoms with Gasteiger partial charge in [-0.25, -0.2) is 0 Å². The first-order chi connectivity index (χ1) is 8.74. The Kier molecular flexibility index (Phi) is 4.58. The fourth-order valence-corrected chi connectivity index (χ4v) is 2.46. The van der Waals surface area contributed by atoms with Gasteiger partial charge in [0.25, 0.3) is 0 Å². The number of nitrogens with zero attached hydrogens (tertiary/aromatic N) is 2. The molecule has 1 aromatic rings. The van der Waals surface area contributed by atoms with Gasteiger partial charge in [-0.2, -0.15) is 0 Å². The van der Waals surface area contributed by atoms with Gasteiger partial charge in [-0.15, -0.1) is 0 Å². The summed E-state index contributed by atoms with van der Waals surface area (Å²) in [6.45, 7) is 5.07. The second-order valence-corrected chi connectivity index (χ2v) is 4.86. The number of likely N-dealkylation sites (N-methyl/N-ethyl adjacent to an activating group) is 1. The van der Waals surface area contributed by atoms with Crippen LogP contribution in [-0.2, 0) is 0 Å². The van der Waals surface area contributed by atoms with Gasteiger partial charge in [0.15, 0.2) is 0 Å². The van der Waals surface area contributed by atoms with Crippen LogP contribution < -0.4 is 10.5 Å². The summed E-state index contributed by atoms with van der Waals surface area (Å²) in [5.74, 6) is 0.896. The van der Waals surface area contributed by atoms with E-state index in [0.29, 0.717) is 12.6 Å². The van der Waals surface area contributed by atoms with E-state index < -0.39 is 0 Å². The Morgan fingerprint density at radius 3 is 2.28 bits per heavy atom. The third kappa shape index (κ3) is 3.02. The molecule has 0 spiro atoms. The number of hydrogen-bond acceptors (Lipinski definition) is 4. The van der Waals surface area contributed by atoms with Crippen LogP contribution in [0.25, 0.3) is 0 Å². The zero-order valence-corrected chi connectivity index (χ0v) is 11.3. The summed E-state index contributed by atoms with van der Waals surface area (Å²) in [5.41, 5.74) is 7.23. The fraction of sp³-hybridized carbons (Fsp3) is 0.571. The van der Waals surface area contributed by atoms with Gasteiger partial charge in [0.1, 0.15) is 5.75 Å². The van der Waals surface area contributed by atoms with Crippen molar-refractivity contribution >= 4 is 0 Å². The Balaban J connectivity index is 2.07. The van der Waals surface area contributed by atoms with E-state index in [9.17, 15) is 0 Å². The fourth-order valence-electron chi connectivity index (χ4n) is 2.46. The molecule has 2 N–H and O–H groups in total. The maximum Gasteiger partial charge on any atom is 0.118 e. The van der Waals surface area contributed by atoms with E-state index in [2.05, 4.69) is 29.0 Å². The molecule has 1 saturated heterocycles. The molecular formula is C14H23N3O. The van der Waals surface area contributed by atoms with Crippen LogP contribution >= 0.6 is 0 Å². The average Bonchev–Trinajstić information content (AvgIpc) is 2.42. The number of hydrogen-bond donors (Lipinski definition) is 1. The highest BCUT2D eigenvalue weighted by Gasteiger charge is 2.22. The molecule has 1 aromatic carbocycles. The molecule has 1 atom stereocenters. The third-order valence-electron chi connectivity index (χ3n) is 3.70. The minimum Gasteiger partial charge on any atom is -0.497 e. The maximum absolute atomic E-state index is 5.95. The normalized spacial score (nSPS) is 19.7. The van der Waals surface area contributed by atoms with Crippen LogP contribution in [0.1, 0.15) is 11.6 Å². The Morgan fingerprint density at radius 1 is 1.17 bits per heavy atom. The standard InChI is InChI=1S/C14H23N3O/c1-16-7-9-17(10-8-16)14(11-15)12-3-5-13(18-2)6-4-12/h3-6,14H,7-11,15H2,1-2H3/t14-/m1/s1. The van der Waals surface area contributed by atoms with Crippen LogP contribution in [0.4, 0.5) is 0 Å². The second-order valence-electron chi connectivity index (χ2n) is 4.86. The summed E-state index contributed by atoms with van der Waals surface area (Å²) in [6.07, 6.45) is 0. The molecule has 1 aliphatic rings. The van der Waals surface area contributed by atoms with Crippen LogP contribution in [0, 0.1) is 0 Å². The summed E-state index contributed by atoms with van der Waals surface area (Å²) in [5, 5.41) is 0. The van der Waals surface area contributed by atoms with Crippen LogP contribution in [0.15, 0.2) is 24.3 Å². The van der Waals surface area contributed by atoms with Crippen molar-refractivity contribution in [1.82, 2.24) is 9.80 Å². The van der Waals surface area contributed by atoms with Crippen LogP contribution in [0.3, 0.4) is 0 Å². The van der Waals surface area contributed by atoms with E-state index >= 15 is 0 Å². The monoisotopic (exact) mass is 249 g/mol. The summed E-state index contributed by atoms with van der Waals surface area (Å²) in [7, 11) is 3.86. The van der Waals surface area contributed by atoms with E-state index in [1.165, 1.54) is 5.56 Å². The number of methoxy groups -OCH3 is 1. The molecule has 1 aliphatic heterocycles. The lowest BCUT2D eigenvalue weighted by molar-refractivity contribution is 0.114. The first-order valence-electron chi connectivity index (χ1n) is 6.51. The predicted octanol–water partition coefficient (Wildman–Crippen LogP) is 0.942. The van der Waals surface area contributed by atoms with E-state index in [1.54, 1.807) is 7.11 Å². The molecule has 2 rings (SSSR count). The van der Waals surface area contributed by atoms with E-state index in [1.807, 2.05) is 12.1 Å². The molecule has 4 heteroatoms. The lowest BCUT2D eigenvalue weighted by Crippen LogP contribution is -2.47. The largest absolute Gasteiger partial charge is 0.497 e. The summed E-state index contributed by atoms with van der Waals surface area (Å²) < 4.78 is 5.19. The van der Waals surface area contributed by atoms with Gasteiger partial charge in [-0.05, 0) is 24.7 Å². The number of benzene rings is 1. The van der Waals surface area contributed by atoms with Gasteiger partial charge in [0.05, 0.1) is 7.11 Å². The van der Waals surface area contributed by atoms with Gasteiger partial charge >= 0.3 is 0 Å². The summed E-state index contributed by atoms with van der Waals surface area (Å²) in [6, 6.07) is 8.58. The second kappa shape index (κ2) is 6.18. The first kappa shape index (κ1) is 13.3. The van der Waals surface area contributed by atoms with Crippen molar-refractivity contribution in [2.75, 3.05) is 46.9 Å². The molecule has 0 unspecified atom stereocenters. The zero-order valence-electron chi connectivity index (χ0n) is 11.3. The number of nitrogens with two attached hydrogens (primary N) is 1. The van der Waals surface area contributed by atoms with Crippen molar-refractivity contribution in [3.8, 4) is 5.75 Å². The van der Waals surface area contributed by atoms with Crippen LogP contribution in [0.2, 0.25) is 0 Å². The lowest BCUT2D eigenvalue weighted by atomic mass is 10.0. The Hall–Kier alpha value is -1.10. The van der Waals surface area contributed by atoms with Crippen LogP contribution in [0.5, 0.6) is 5.75 Å². The molecule has 18 heavy (non-hydrogen) atoms. The maximum atomic E-state index is 5.95. The number of rotatable bonds is 4. The van der Waals surface area contributed by atoms with Crippen molar-refractivity contribution < 1.29 is 4.74 Å². The highest BCUT2D eigenvalue weighted by atomic mass is 16.5. The quantitative estimate of drug-likeness (QED) is 0.862. The SMILES string of the molecule is COc1ccc([C@@H](CN)N2CCN(C)CC2)cc1. The Bertz CT molecular complexity index is 358. The molecule has 1 heterocycles. The van der Waals surface area contributed by atoms with Crippen LogP contribution in [-0.4, -0.2) is 56.7 Å². The summed E-state index contributed by atoms with van der Waals surface area (Å²) >= 11 is 0. The zero-order chi connectivity index (χ0) is 13.0. The molecule has 0 bridgehead atoms. The molecule has 0 saturated carbocycles. The number of ether oxygens (including phenoxy) is 1. The molecule has 1 fully saturated rings. The molecule has 0 radical (unpaired) electrons. The van der Waals surface area contributed by atoms with E-state index in [-0.39, 0.29) is 0 Å². The number of piperazine rings is 1. The molecule has 0 aromatic heterocycles. The van der Waals surface area contributed by atoms with E-state index in [4.69, 9.17) is 10.5 Å². The average molecular weight is 249 g/mol. The van der Waals surface area contributed by atoms with Gasteiger partial charge in [0.2, 0.25) is 0 Å². The predicted molar refractivity (Wildman–Crippen MR) is 73.9 cm³/mol. The van der Waals surface area contributed by atoms with Crippen molar-refractivity contribution in [2.24, 2.45) is 5.73 Å². The lowest BCUT2D eigenvalue weighted by Gasteiger charge is -2.37. The topological polar surface area (TPSA) is 41.7 Å². The minimum atomic E-state index is 0.324. The molecule has 100 valence electrons. The van der Waals surface area contributed by atoms with Crippen molar-refractivity contribution in [1.29, 1.82) is 0 Å². The van der Waals surface area contributed by atoms with Gasteiger partial charge in [-0.3, -0.25) is 4.90 Å². The third-order valence-corrected chi connectivity index (χ3v) is 3.70. The van der Waals surface area contributed by atoms with Gasteiger partial charge in [-0.1, -0.05) is 12.1 Å². The van der Waals surface area contributed by atoms with Crippen molar-refractivity contribution in [2.45, 2.75) is 6.04 Å². The Labute approximate surface area is 109 Å². The van der Waals surface area contributed by atoms with E-state index in [0.717, 1.165) is 31.9 Å². The van der Waals surface area contributed by atoms with Gasteiger partial charge < -0.3 is 15.4 Å². The molecule has 4 nitrogen and oxygen atoms in total. The smallest absolute Gasteiger partial charge is 0.118 e. The molecule has 0 amide bonds. The molecular weight excluding hydrogens is 226 g/mol. The minimum absolute atomic E-state index is 0.324. The molecule has 0 aliphatic carbocycles. The first-order valence-corrected chi connectivity index (χ1v) is 6.51. The van der Waals surface area contributed by atoms with Crippen molar-refractivity contribution in [3.63, 3.8) is 0 Å². The summed E-state index contributed by atoms with van der Waals surface area (Å²) in [4.78, 5) is 4.83. The van der Waals surface area contributed by atoms with Gasteiger partial charge in [0, 0.05) is 38.8 Å². The highest BCUT2D eigenvalue weighted by molar-refractivity contribution is 5.29. The highest BCUT2D eigenvalue weighted by Crippen LogP contribution is 2.23.